The number of rotatable bonds is 6. The van der Waals surface area contributed by atoms with Gasteiger partial charge in [-0.1, -0.05) is 25.1 Å². The van der Waals surface area contributed by atoms with Crippen LogP contribution < -0.4 is 10.1 Å². The maximum absolute atomic E-state index is 10.9. The fraction of sp³-hybridized carbons (Fsp3) is 0.500. The number of ether oxygens (including phenoxy) is 1. The molecular weight excluding hydrogens is 230 g/mol. The number of nitrogens with one attached hydrogen (secondary N) is 1. The molecule has 0 fully saturated rings. The Hall–Kier alpha value is -1.55. The minimum absolute atomic E-state index is 0.317. The summed E-state index contributed by atoms with van der Waals surface area (Å²) in [6.45, 7) is 3.80. The number of hydrogen-bond donors (Lipinski definition) is 2. The van der Waals surface area contributed by atoms with Crippen molar-refractivity contribution in [3.8, 4) is 5.75 Å². The number of fused-ring (bicyclic) bond motifs is 1. The average Bonchev–Trinajstić information content (AvgIpc) is 2.83. The van der Waals surface area contributed by atoms with E-state index in [0.717, 1.165) is 24.3 Å². The first kappa shape index (κ1) is 12.9. The molecule has 0 radical (unpaired) electrons. The molecule has 1 atom stereocenters. The highest BCUT2D eigenvalue weighted by Crippen LogP contribution is 2.29. The maximum Gasteiger partial charge on any atom is 0.307 e. The van der Waals surface area contributed by atoms with E-state index >= 15 is 0 Å². The van der Waals surface area contributed by atoms with Gasteiger partial charge in [0.1, 0.15) is 5.75 Å². The zero-order valence-electron chi connectivity index (χ0n) is 10.6. The molecule has 2 N–H and O–H groups in total. The Labute approximate surface area is 107 Å². The molecule has 0 spiro atoms. The Balaban J connectivity index is 1.91. The van der Waals surface area contributed by atoms with Crippen molar-refractivity contribution in [1.82, 2.24) is 5.32 Å². The molecule has 4 nitrogen and oxygen atoms in total. The Morgan fingerprint density at radius 3 is 3.11 bits per heavy atom. The fourth-order valence-electron chi connectivity index (χ4n) is 2.21. The molecule has 0 aromatic heterocycles. The third-order valence-electron chi connectivity index (χ3n) is 3.34. The van der Waals surface area contributed by atoms with Gasteiger partial charge >= 0.3 is 5.97 Å². The molecule has 2 rings (SSSR count). The second-order valence-corrected chi connectivity index (χ2v) is 4.58. The minimum atomic E-state index is -0.737. The standard InChI is InChI=1S/C14H19NO3/c1-2-10(14(16)17)8-15-9-12-5-3-4-11-6-7-18-13(11)12/h3-5,10,15H,2,6-9H2,1H3,(H,16,17). The largest absolute Gasteiger partial charge is 0.493 e. The number of benzene rings is 1. The van der Waals surface area contributed by atoms with Crippen LogP contribution in [-0.2, 0) is 17.8 Å². The van der Waals surface area contributed by atoms with Crippen LogP contribution in [0.4, 0.5) is 0 Å². The molecule has 98 valence electrons. The monoisotopic (exact) mass is 249 g/mol. The topological polar surface area (TPSA) is 58.6 Å². The summed E-state index contributed by atoms with van der Waals surface area (Å²) in [4.78, 5) is 10.9. The third-order valence-corrected chi connectivity index (χ3v) is 3.34. The van der Waals surface area contributed by atoms with E-state index in [0.29, 0.717) is 19.5 Å². The maximum atomic E-state index is 10.9. The highest BCUT2D eigenvalue weighted by molar-refractivity contribution is 5.70. The summed E-state index contributed by atoms with van der Waals surface area (Å²) in [5.41, 5.74) is 2.37. The Kier molecular flexibility index (Phi) is 4.20. The van der Waals surface area contributed by atoms with E-state index in [4.69, 9.17) is 9.84 Å². The molecule has 0 saturated carbocycles. The summed E-state index contributed by atoms with van der Waals surface area (Å²) < 4.78 is 5.60. The molecule has 1 aliphatic rings. The van der Waals surface area contributed by atoms with Gasteiger partial charge in [-0.3, -0.25) is 4.79 Å². The van der Waals surface area contributed by atoms with Crippen molar-refractivity contribution < 1.29 is 14.6 Å². The van der Waals surface area contributed by atoms with Crippen molar-refractivity contribution in [2.75, 3.05) is 13.2 Å². The van der Waals surface area contributed by atoms with Crippen LogP contribution in [0.25, 0.3) is 0 Å². The smallest absolute Gasteiger partial charge is 0.307 e. The van der Waals surface area contributed by atoms with Crippen LogP contribution in [0.5, 0.6) is 5.75 Å². The number of para-hydroxylation sites is 1. The van der Waals surface area contributed by atoms with Gasteiger partial charge in [-0.25, -0.2) is 0 Å². The van der Waals surface area contributed by atoms with Gasteiger partial charge in [0, 0.05) is 25.1 Å². The molecule has 1 aromatic rings. The van der Waals surface area contributed by atoms with Gasteiger partial charge in [-0.2, -0.15) is 0 Å². The number of hydrogen-bond acceptors (Lipinski definition) is 3. The molecule has 1 aromatic carbocycles. The fourth-order valence-corrected chi connectivity index (χ4v) is 2.21. The molecule has 0 aliphatic carbocycles. The van der Waals surface area contributed by atoms with Crippen LogP contribution in [0, 0.1) is 5.92 Å². The lowest BCUT2D eigenvalue weighted by atomic mass is 10.1. The Bertz CT molecular complexity index is 431. The Morgan fingerprint density at radius 1 is 1.56 bits per heavy atom. The molecule has 4 heteroatoms. The zero-order chi connectivity index (χ0) is 13.0. The molecule has 1 unspecified atom stereocenters. The van der Waals surface area contributed by atoms with Crippen LogP contribution in [0.15, 0.2) is 18.2 Å². The summed E-state index contributed by atoms with van der Waals surface area (Å²) in [7, 11) is 0. The van der Waals surface area contributed by atoms with E-state index < -0.39 is 5.97 Å². The highest BCUT2D eigenvalue weighted by atomic mass is 16.5. The lowest BCUT2D eigenvalue weighted by molar-refractivity contribution is -0.141. The number of carboxylic acids is 1. The Morgan fingerprint density at radius 2 is 2.39 bits per heavy atom. The molecule has 0 saturated heterocycles. The first-order chi connectivity index (χ1) is 8.72. The lowest BCUT2D eigenvalue weighted by Crippen LogP contribution is -2.27. The van der Waals surface area contributed by atoms with Gasteiger partial charge in [0.25, 0.3) is 0 Å². The van der Waals surface area contributed by atoms with E-state index in [1.54, 1.807) is 0 Å². The highest BCUT2D eigenvalue weighted by Gasteiger charge is 2.17. The third kappa shape index (κ3) is 2.82. The van der Waals surface area contributed by atoms with Crippen LogP contribution in [0.1, 0.15) is 24.5 Å². The van der Waals surface area contributed by atoms with Crippen LogP contribution >= 0.6 is 0 Å². The first-order valence-corrected chi connectivity index (χ1v) is 6.39. The lowest BCUT2D eigenvalue weighted by Gasteiger charge is -2.12. The van der Waals surface area contributed by atoms with Crippen molar-refractivity contribution in [2.24, 2.45) is 5.92 Å². The number of aliphatic carboxylic acids is 1. The predicted molar refractivity (Wildman–Crippen MR) is 68.8 cm³/mol. The van der Waals surface area contributed by atoms with Crippen molar-refractivity contribution in [1.29, 1.82) is 0 Å². The predicted octanol–water partition coefficient (Wildman–Crippen LogP) is 1.82. The van der Waals surface area contributed by atoms with Crippen molar-refractivity contribution in [3.05, 3.63) is 29.3 Å². The first-order valence-electron chi connectivity index (χ1n) is 6.39. The van der Waals surface area contributed by atoms with Crippen molar-refractivity contribution in [3.63, 3.8) is 0 Å². The van der Waals surface area contributed by atoms with Gasteiger partial charge in [0.2, 0.25) is 0 Å². The second kappa shape index (κ2) is 5.87. The van der Waals surface area contributed by atoms with E-state index in [2.05, 4.69) is 11.4 Å². The summed E-state index contributed by atoms with van der Waals surface area (Å²) in [6.07, 6.45) is 1.61. The SMILES string of the molecule is CCC(CNCc1cccc2c1OCC2)C(=O)O. The van der Waals surface area contributed by atoms with E-state index in [9.17, 15) is 4.79 Å². The zero-order valence-corrected chi connectivity index (χ0v) is 10.6. The van der Waals surface area contributed by atoms with Gasteiger partial charge in [0.15, 0.2) is 0 Å². The molecule has 18 heavy (non-hydrogen) atoms. The molecule has 1 aliphatic heterocycles. The van der Waals surface area contributed by atoms with Gasteiger partial charge in [0.05, 0.1) is 12.5 Å². The number of carboxylic acid groups (broad SMARTS) is 1. The average molecular weight is 249 g/mol. The van der Waals surface area contributed by atoms with Crippen LogP contribution in [0.3, 0.4) is 0 Å². The molecule has 0 bridgehead atoms. The minimum Gasteiger partial charge on any atom is -0.493 e. The van der Waals surface area contributed by atoms with Crippen molar-refractivity contribution in [2.45, 2.75) is 26.3 Å². The van der Waals surface area contributed by atoms with E-state index in [-0.39, 0.29) is 5.92 Å². The van der Waals surface area contributed by atoms with Crippen LogP contribution in [0.2, 0.25) is 0 Å². The van der Waals surface area contributed by atoms with Crippen LogP contribution in [-0.4, -0.2) is 24.2 Å². The van der Waals surface area contributed by atoms with E-state index in [1.807, 2.05) is 19.1 Å². The van der Waals surface area contributed by atoms with Crippen molar-refractivity contribution >= 4 is 5.97 Å². The second-order valence-electron chi connectivity index (χ2n) is 4.58. The molecule has 0 amide bonds. The number of carbonyl (C=O) groups is 1. The normalized spacial score (nSPS) is 14.9. The summed E-state index contributed by atoms with van der Waals surface area (Å²) in [6, 6.07) is 6.13. The molecular formula is C14H19NO3. The van der Waals surface area contributed by atoms with E-state index in [1.165, 1.54) is 5.56 Å². The summed E-state index contributed by atoms with van der Waals surface area (Å²) >= 11 is 0. The van der Waals surface area contributed by atoms with Gasteiger partial charge < -0.3 is 15.2 Å². The molecule has 1 heterocycles. The summed E-state index contributed by atoms with van der Waals surface area (Å²) in [5, 5.41) is 12.2. The van der Waals surface area contributed by atoms with Gasteiger partial charge in [-0.15, -0.1) is 0 Å². The van der Waals surface area contributed by atoms with Gasteiger partial charge in [-0.05, 0) is 12.0 Å². The summed E-state index contributed by atoms with van der Waals surface area (Å²) in [5.74, 6) is -0.0735. The quantitative estimate of drug-likeness (QED) is 0.807.